The molecule has 31 heavy (non-hydrogen) atoms. The molecule has 1 aliphatic rings. The molecule has 0 saturated carbocycles. The number of hydrogen-bond donors (Lipinski definition) is 1. The van der Waals surface area contributed by atoms with Crippen LogP contribution in [0.4, 0.5) is 18.9 Å². The van der Waals surface area contributed by atoms with Gasteiger partial charge in [0.15, 0.2) is 9.84 Å². The van der Waals surface area contributed by atoms with E-state index in [4.69, 9.17) is 9.47 Å². The van der Waals surface area contributed by atoms with Crippen LogP contribution in [0.1, 0.15) is 22.3 Å². The molecule has 11 heteroatoms. The van der Waals surface area contributed by atoms with E-state index in [1.54, 1.807) is 0 Å². The molecule has 2 aromatic rings. The van der Waals surface area contributed by atoms with E-state index >= 15 is 0 Å². The third kappa shape index (κ3) is 6.14. The Morgan fingerprint density at radius 3 is 2.58 bits per heavy atom. The van der Waals surface area contributed by atoms with Crippen LogP contribution in [0.3, 0.4) is 0 Å². The number of amides is 1. The van der Waals surface area contributed by atoms with Crippen LogP contribution in [0.5, 0.6) is 5.75 Å². The van der Waals surface area contributed by atoms with Gasteiger partial charge in [0.05, 0.1) is 35.5 Å². The first kappa shape index (κ1) is 25.0. The number of hydrogen-bond acceptors (Lipinski definition) is 5. The van der Waals surface area contributed by atoms with Crippen molar-refractivity contribution in [2.75, 3.05) is 31.4 Å². The normalized spacial score (nSPS) is 16.5. The third-order valence-corrected chi connectivity index (χ3v) is 6.58. The molecule has 1 aliphatic heterocycles. The monoisotopic (exact) mass is 477 g/mol. The fraction of sp³-hybridized carbons (Fsp3) is 0.350. The van der Waals surface area contributed by atoms with Crippen molar-refractivity contribution < 1.29 is 35.9 Å². The fourth-order valence-corrected chi connectivity index (χ4v) is 4.80. The molecular formula is C20H22F3NO5S2. The fourth-order valence-electron chi connectivity index (χ4n) is 3.15. The molecule has 6 nitrogen and oxygen atoms in total. The van der Waals surface area contributed by atoms with E-state index in [1.165, 1.54) is 37.4 Å². The highest BCUT2D eigenvalue weighted by Crippen LogP contribution is 2.31. The van der Waals surface area contributed by atoms with Crippen LogP contribution >= 0.6 is 13.5 Å². The molecule has 170 valence electrons. The number of alkyl halides is 3. The van der Waals surface area contributed by atoms with Gasteiger partial charge >= 0.3 is 6.18 Å². The molecule has 1 fully saturated rings. The summed E-state index contributed by atoms with van der Waals surface area (Å²) < 4.78 is 74.5. The number of benzene rings is 2. The second-order valence-corrected chi connectivity index (χ2v) is 8.94. The summed E-state index contributed by atoms with van der Waals surface area (Å²) in [5.74, 6) is -0.928. The molecule has 1 amide bonds. The maximum Gasteiger partial charge on any atom is 0.416 e. The zero-order valence-corrected chi connectivity index (χ0v) is 18.3. The van der Waals surface area contributed by atoms with Crippen molar-refractivity contribution in [3.63, 3.8) is 0 Å². The van der Waals surface area contributed by atoms with Crippen molar-refractivity contribution >= 4 is 34.9 Å². The number of anilines is 1. The van der Waals surface area contributed by atoms with Crippen molar-refractivity contribution in [3.05, 3.63) is 53.6 Å². The summed E-state index contributed by atoms with van der Waals surface area (Å²) >= 11 is 0. The summed E-state index contributed by atoms with van der Waals surface area (Å²) in [5, 5.41) is 2.36. The Hall–Kier alpha value is -2.24. The Kier molecular flexibility index (Phi) is 8.01. The molecule has 1 atom stereocenters. The highest BCUT2D eigenvalue weighted by molar-refractivity contribution is 7.91. The summed E-state index contributed by atoms with van der Waals surface area (Å²) in [4.78, 5) is 12.6. The number of sulfone groups is 1. The van der Waals surface area contributed by atoms with Gasteiger partial charge in [-0.05, 0) is 48.7 Å². The molecule has 1 N–H and O–H groups in total. The minimum atomic E-state index is -4.56. The van der Waals surface area contributed by atoms with Crippen LogP contribution in [0.2, 0.25) is 0 Å². The number of ether oxygens (including phenoxy) is 2. The Balaban J connectivity index is 0.00000341. The van der Waals surface area contributed by atoms with Crippen molar-refractivity contribution in [2.24, 2.45) is 5.92 Å². The van der Waals surface area contributed by atoms with E-state index in [0.717, 1.165) is 12.1 Å². The number of methoxy groups -OCH3 is 1. The molecule has 0 spiro atoms. The van der Waals surface area contributed by atoms with E-state index in [0.29, 0.717) is 19.6 Å². The summed E-state index contributed by atoms with van der Waals surface area (Å²) in [6.45, 7) is 0.867. The highest BCUT2D eigenvalue weighted by atomic mass is 32.2. The summed E-state index contributed by atoms with van der Waals surface area (Å²) in [5.41, 5.74) is -1.09. The minimum absolute atomic E-state index is 0. The quantitative estimate of drug-likeness (QED) is 0.683. The van der Waals surface area contributed by atoms with Crippen molar-refractivity contribution in [1.82, 2.24) is 0 Å². The van der Waals surface area contributed by atoms with E-state index in [2.05, 4.69) is 5.32 Å². The molecule has 0 unspecified atom stereocenters. The molecule has 2 aromatic carbocycles. The van der Waals surface area contributed by atoms with Gasteiger partial charge < -0.3 is 14.8 Å². The molecule has 1 heterocycles. The first-order chi connectivity index (χ1) is 14.1. The molecule has 0 aromatic heterocycles. The number of carbonyl (C=O) groups is 1. The van der Waals surface area contributed by atoms with Gasteiger partial charge in [-0.15, -0.1) is 0 Å². The number of nitrogens with one attached hydrogen (secondary N) is 1. The maximum atomic E-state index is 12.9. The zero-order valence-electron chi connectivity index (χ0n) is 16.5. The molecule has 0 bridgehead atoms. The van der Waals surface area contributed by atoms with Crippen molar-refractivity contribution in [1.29, 1.82) is 0 Å². The van der Waals surface area contributed by atoms with Crippen LogP contribution in [-0.4, -0.2) is 40.4 Å². The minimum Gasteiger partial charge on any atom is -0.496 e. The Labute approximate surface area is 185 Å². The van der Waals surface area contributed by atoms with Crippen LogP contribution < -0.4 is 10.1 Å². The SMILES string of the molecule is COc1ccc(S(=O)(=O)C[C@H]2CCOC2)cc1C(=O)Nc1cccc(C(F)(F)F)c1.S. The van der Waals surface area contributed by atoms with Crippen LogP contribution in [0.25, 0.3) is 0 Å². The molecular weight excluding hydrogens is 455 g/mol. The average molecular weight is 478 g/mol. The van der Waals surface area contributed by atoms with Crippen molar-refractivity contribution in [2.45, 2.75) is 17.5 Å². The number of carbonyl (C=O) groups excluding carboxylic acids is 1. The Bertz CT molecular complexity index is 1040. The lowest BCUT2D eigenvalue weighted by Crippen LogP contribution is -2.18. The van der Waals surface area contributed by atoms with Crippen LogP contribution in [-0.2, 0) is 20.8 Å². The Morgan fingerprint density at radius 2 is 1.97 bits per heavy atom. The van der Waals surface area contributed by atoms with Gasteiger partial charge in [0.25, 0.3) is 5.91 Å². The van der Waals surface area contributed by atoms with E-state index < -0.39 is 27.5 Å². The predicted octanol–water partition coefficient (Wildman–Crippen LogP) is 3.89. The first-order valence-corrected chi connectivity index (χ1v) is 10.7. The average Bonchev–Trinajstić information content (AvgIpc) is 3.19. The zero-order chi connectivity index (χ0) is 21.9. The van der Waals surface area contributed by atoms with E-state index in [9.17, 15) is 26.4 Å². The predicted molar refractivity (Wildman–Crippen MR) is 114 cm³/mol. The lowest BCUT2D eigenvalue weighted by Gasteiger charge is -2.14. The van der Waals surface area contributed by atoms with Crippen LogP contribution in [0, 0.1) is 5.92 Å². The van der Waals surface area contributed by atoms with Crippen LogP contribution in [0.15, 0.2) is 47.4 Å². The van der Waals surface area contributed by atoms with E-state index in [-0.39, 0.29) is 47.1 Å². The molecule has 3 rings (SSSR count). The van der Waals surface area contributed by atoms with Gasteiger partial charge in [-0.2, -0.15) is 26.7 Å². The van der Waals surface area contributed by atoms with Gasteiger partial charge in [-0.1, -0.05) is 6.07 Å². The van der Waals surface area contributed by atoms with Gasteiger partial charge in [0.1, 0.15) is 5.75 Å². The lowest BCUT2D eigenvalue weighted by atomic mass is 10.1. The van der Waals surface area contributed by atoms with Gasteiger partial charge in [-0.25, -0.2) is 8.42 Å². The Morgan fingerprint density at radius 1 is 1.23 bits per heavy atom. The van der Waals surface area contributed by atoms with Crippen molar-refractivity contribution in [3.8, 4) is 5.75 Å². The molecule has 0 radical (unpaired) electrons. The standard InChI is InChI=1S/C20H20F3NO5S.H2S/c1-28-18-6-5-16(30(26,27)12-13-7-8-29-11-13)10-17(18)19(25)24-15-4-2-3-14(9-15)20(21,22)23;/h2-6,9-10,13H,7-8,11-12H2,1H3,(H,24,25);1H2/t13-;/m0./s1. The second kappa shape index (κ2) is 9.92. The lowest BCUT2D eigenvalue weighted by molar-refractivity contribution is -0.137. The van der Waals surface area contributed by atoms with Gasteiger partial charge in [0.2, 0.25) is 0 Å². The third-order valence-electron chi connectivity index (χ3n) is 4.70. The summed E-state index contributed by atoms with van der Waals surface area (Å²) in [7, 11) is -2.38. The number of rotatable bonds is 6. The summed E-state index contributed by atoms with van der Waals surface area (Å²) in [6, 6.07) is 8.01. The maximum absolute atomic E-state index is 12.9. The highest BCUT2D eigenvalue weighted by Gasteiger charge is 2.31. The first-order valence-electron chi connectivity index (χ1n) is 9.07. The molecule has 1 saturated heterocycles. The summed E-state index contributed by atoms with van der Waals surface area (Å²) in [6.07, 6.45) is -3.92. The van der Waals surface area contributed by atoms with E-state index in [1.807, 2.05) is 0 Å². The topological polar surface area (TPSA) is 81.7 Å². The largest absolute Gasteiger partial charge is 0.496 e. The molecule has 0 aliphatic carbocycles. The number of halogens is 3. The van der Waals surface area contributed by atoms with Gasteiger partial charge in [0, 0.05) is 12.3 Å². The van der Waals surface area contributed by atoms with Gasteiger partial charge in [-0.3, -0.25) is 4.79 Å². The second-order valence-electron chi connectivity index (χ2n) is 6.91. The smallest absolute Gasteiger partial charge is 0.416 e.